The van der Waals surface area contributed by atoms with Crippen LogP contribution in [0.25, 0.3) is 0 Å². The lowest BCUT2D eigenvalue weighted by atomic mass is 9.91. The first kappa shape index (κ1) is 12.5. The lowest BCUT2D eigenvalue weighted by Gasteiger charge is -2.40. The monoisotopic (exact) mass is 255 g/mol. The minimum Gasteiger partial charge on any atom is -0.366 e. The summed E-state index contributed by atoms with van der Waals surface area (Å²) in [4.78, 5) is 2.35. The van der Waals surface area contributed by atoms with E-state index in [9.17, 15) is 5.26 Å². The second-order valence-corrected chi connectivity index (χ2v) is 6.07. The highest BCUT2D eigenvalue weighted by molar-refractivity contribution is 5.57. The molecular weight excluding hydrogens is 234 g/mol. The Kier molecular flexibility index (Phi) is 2.99. The third kappa shape index (κ3) is 2.21. The molecule has 2 aliphatic rings. The van der Waals surface area contributed by atoms with Gasteiger partial charge in [-0.25, -0.2) is 0 Å². The maximum atomic E-state index is 9.46. The van der Waals surface area contributed by atoms with Gasteiger partial charge in [0.2, 0.25) is 0 Å². The van der Waals surface area contributed by atoms with Gasteiger partial charge in [0.25, 0.3) is 0 Å². The second-order valence-electron chi connectivity index (χ2n) is 6.07. The fraction of sp³-hybridized carbons (Fsp3) is 0.562. The van der Waals surface area contributed by atoms with E-state index in [1.807, 2.05) is 0 Å². The number of nitrogens with zero attached hydrogens (tertiary/aromatic N) is 2. The fourth-order valence-electron chi connectivity index (χ4n) is 3.14. The number of benzene rings is 1. The zero-order valence-corrected chi connectivity index (χ0v) is 11.5. The smallest absolute Gasteiger partial charge is 0.124 e. The molecule has 1 heterocycles. The van der Waals surface area contributed by atoms with E-state index >= 15 is 0 Å². The molecule has 100 valence electrons. The summed E-state index contributed by atoms with van der Waals surface area (Å²) in [5, 5.41) is 9.46. The minimum atomic E-state index is -0.682. The molecule has 1 aliphatic heterocycles. The molecule has 1 aromatic rings. The van der Waals surface area contributed by atoms with E-state index in [0.29, 0.717) is 18.5 Å². The number of nitrogens with two attached hydrogens (primary N) is 1. The molecule has 2 atom stereocenters. The molecule has 19 heavy (non-hydrogen) atoms. The van der Waals surface area contributed by atoms with Crippen LogP contribution < -0.4 is 10.6 Å². The molecule has 0 aromatic heterocycles. The maximum absolute atomic E-state index is 9.46. The number of aryl methyl sites for hydroxylation is 1. The molecule has 0 amide bonds. The van der Waals surface area contributed by atoms with Gasteiger partial charge in [0, 0.05) is 18.3 Å². The van der Waals surface area contributed by atoms with Crippen LogP contribution in [0.15, 0.2) is 24.3 Å². The second kappa shape index (κ2) is 4.54. The number of hydrogen-bond donors (Lipinski definition) is 1. The number of hydrogen-bond acceptors (Lipinski definition) is 3. The predicted octanol–water partition coefficient (Wildman–Crippen LogP) is 2.46. The molecule has 1 saturated carbocycles. The first-order chi connectivity index (χ1) is 9.14. The lowest BCUT2D eigenvalue weighted by Crippen LogP contribution is -2.54. The predicted molar refractivity (Wildman–Crippen MR) is 76.8 cm³/mol. The first-order valence-electron chi connectivity index (χ1n) is 7.19. The van der Waals surface area contributed by atoms with Gasteiger partial charge in [-0.15, -0.1) is 0 Å². The Balaban J connectivity index is 1.89. The lowest BCUT2D eigenvalue weighted by molar-refractivity contribution is 0.433. The van der Waals surface area contributed by atoms with Crippen LogP contribution in [0.5, 0.6) is 0 Å². The summed E-state index contributed by atoms with van der Waals surface area (Å²) in [6.45, 7) is 2.90. The molecule has 0 radical (unpaired) electrons. The number of nitriles is 1. The molecule has 1 fully saturated rings. The topological polar surface area (TPSA) is 53.0 Å². The zero-order chi connectivity index (χ0) is 13.5. The maximum Gasteiger partial charge on any atom is 0.124 e. The summed E-state index contributed by atoms with van der Waals surface area (Å²) in [5.74, 6) is 0.388. The summed E-state index contributed by atoms with van der Waals surface area (Å²) in [6.07, 6.45) is 4.48. The average Bonchev–Trinajstić information content (AvgIpc) is 3.27. The average molecular weight is 255 g/mol. The fourth-order valence-corrected chi connectivity index (χ4v) is 3.14. The van der Waals surface area contributed by atoms with E-state index in [-0.39, 0.29) is 0 Å². The van der Waals surface area contributed by atoms with Crippen molar-refractivity contribution in [1.82, 2.24) is 0 Å². The molecule has 3 nitrogen and oxygen atoms in total. The summed E-state index contributed by atoms with van der Waals surface area (Å²) in [7, 11) is 0. The molecule has 0 bridgehead atoms. The Hall–Kier alpha value is -1.53. The van der Waals surface area contributed by atoms with Crippen molar-refractivity contribution in [2.75, 3.05) is 11.4 Å². The van der Waals surface area contributed by atoms with Crippen molar-refractivity contribution in [3.8, 4) is 6.07 Å². The van der Waals surface area contributed by atoms with Crippen LogP contribution in [0.3, 0.4) is 0 Å². The molecule has 1 aromatic carbocycles. The number of anilines is 1. The van der Waals surface area contributed by atoms with Gasteiger partial charge in [0.1, 0.15) is 5.54 Å². The molecule has 3 rings (SSSR count). The van der Waals surface area contributed by atoms with E-state index in [0.717, 1.165) is 25.7 Å². The Morgan fingerprint density at radius 3 is 2.79 bits per heavy atom. The van der Waals surface area contributed by atoms with Crippen LogP contribution in [0.4, 0.5) is 5.69 Å². The van der Waals surface area contributed by atoms with E-state index in [1.54, 1.807) is 0 Å². The largest absolute Gasteiger partial charge is 0.366 e. The first-order valence-corrected chi connectivity index (χ1v) is 7.19. The normalized spacial score (nSPS) is 25.3. The van der Waals surface area contributed by atoms with Crippen LogP contribution in [-0.4, -0.2) is 18.1 Å². The van der Waals surface area contributed by atoms with Gasteiger partial charge >= 0.3 is 0 Å². The highest BCUT2D eigenvalue weighted by Crippen LogP contribution is 2.40. The quantitative estimate of drug-likeness (QED) is 0.902. The van der Waals surface area contributed by atoms with Crippen molar-refractivity contribution in [3.05, 3.63) is 29.8 Å². The summed E-state index contributed by atoms with van der Waals surface area (Å²) >= 11 is 0. The van der Waals surface area contributed by atoms with Gasteiger partial charge in [-0.3, -0.25) is 0 Å². The minimum absolute atomic E-state index is 0.388. The van der Waals surface area contributed by atoms with Gasteiger partial charge in [0.15, 0.2) is 0 Å². The number of fused-ring (bicyclic) bond motifs is 1. The van der Waals surface area contributed by atoms with Crippen molar-refractivity contribution in [1.29, 1.82) is 5.26 Å². The van der Waals surface area contributed by atoms with Gasteiger partial charge < -0.3 is 10.6 Å². The Morgan fingerprint density at radius 1 is 1.37 bits per heavy atom. The third-order valence-electron chi connectivity index (χ3n) is 4.61. The van der Waals surface area contributed by atoms with Crippen LogP contribution in [0, 0.1) is 17.2 Å². The number of rotatable bonds is 3. The number of para-hydroxylation sites is 1. The van der Waals surface area contributed by atoms with Gasteiger partial charge in [-0.05, 0) is 50.2 Å². The molecular formula is C16H21N3. The molecule has 1 aliphatic carbocycles. The Morgan fingerprint density at radius 2 is 2.11 bits per heavy atom. The molecule has 0 spiro atoms. The van der Waals surface area contributed by atoms with Crippen molar-refractivity contribution in [2.45, 2.75) is 44.2 Å². The van der Waals surface area contributed by atoms with Crippen LogP contribution in [-0.2, 0) is 6.42 Å². The summed E-state index contributed by atoms with van der Waals surface area (Å²) in [6, 6.07) is 11.4. The SMILES string of the molecule is CC1CCc2ccccc2N1CC(N)(C#N)C1CC1. The Labute approximate surface area is 115 Å². The van der Waals surface area contributed by atoms with Crippen LogP contribution >= 0.6 is 0 Å². The highest BCUT2D eigenvalue weighted by Gasteiger charge is 2.44. The molecule has 2 unspecified atom stereocenters. The van der Waals surface area contributed by atoms with Gasteiger partial charge in [0.05, 0.1) is 6.07 Å². The van der Waals surface area contributed by atoms with Crippen molar-refractivity contribution in [2.24, 2.45) is 11.7 Å². The molecule has 0 saturated heterocycles. The molecule has 2 N–H and O–H groups in total. The standard InChI is InChI=1S/C16H21N3/c1-12-6-7-13-4-2-3-5-15(13)19(12)11-16(18,10-17)14-8-9-14/h2-5,12,14H,6-9,11,18H2,1H3. The van der Waals surface area contributed by atoms with Crippen molar-refractivity contribution >= 4 is 5.69 Å². The van der Waals surface area contributed by atoms with Gasteiger partial charge in [-0.1, -0.05) is 18.2 Å². The molecule has 3 heteroatoms. The van der Waals surface area contributed by atoms with E-state index in [2.05, 4.69) is 42.2 Å². The summed E-state index contributed by atoms with van der Waals surface area (Å²) in [5.41, 5.74) is 8.32. The van der Waals surface area contributed by atoms with Crippen LogP contribution in [0.1, 0.15) is 31.7 Å². The summed E-state index contributed by atoms with van der Waals surface area (Å²) < 4.78 is 0. The van der Waals surface area contributed by atoms with Gasteiger partial charge in [-0.2, -0.15) is 5.26 Å². The highest BCUT2D eigenvalue weighted by atomic mass is 15.2. The zero-order valence-electron chi connectivity index (χ0n) is 11.5. The van der Waals surface area contributed by atoms with E-state index in [4.69, 9.17) is 5.73 Å². The van der Waals surface area contributed by atoms with E-state index in [1.165, 1.54) is 11.3 Å². The van der Waals surface area contributed by atoms with Crippen LogP contribution in [0.2, 0.25) is 0 Å². The van der Waals surface area contributed by atoms with E-state index < -0.39 is 5.54 Å². The third-order valence-corrected chi connectivity index (χ3v) is 4.61. The van der Waals surface area contributed by atoms with Crippen molar-refractivity contribution in [3.63, 3.8) is 0 Å². The van der Waals surface area contributed by atoms with Crippen molar-refractivity contribution < 1.29 is 0 Å². The Bertz CT molecular complexity index is 515.